The van der Waals surface area contributed by atoms with E-state index in [1.807, 2.05) is 16.7 Å². The molecule has 1 aromatic rings. The fourth-order valence-electron chi connectivity index (χ4n) is 3.76. The van der Waals surface area contributed by atoms with Crippen LogP contribution in [0.3, 0.4) is 0 Å². The molecule has 2 heterocycles. The first kappa shape index (κ1) is 18.8. The van der Waals surface area contributed by atoms with Gasteiger partial charge in [-0.3, -0.25) is 9.59 Å². The molecule has 3 rings (SSSR count). The first-order valence-corrected chi connectivity index (χ1v) is 9.44. The highest BCUT2D eigenvalue weighted by Gasteiger charge is 2.32. The molecule has 1 atom stereocenters. The smallest absolute Gasteiger partial charge is 0.225 e. The third kappa shape index (κ3) is 4.61. The number of likely N-dealkylation sites (tertiary alicyclic amines) is 1. The van der Waals surface area contributed by atoms with Gasteiger partial charge in [-0.1, -0.05) is 19.1 Å². The Labute approximate surface area is 154 Å². The number of morpholine rings is 1. The van der Waals surface area contributed by atoms with Gasteiger partial charge in [0.1, 0.15) is 5.82 Å². The van der Waals surface area contributed by atoms with Gasteiger partial charge in [-0.25, -0.2) is 4.39 Å². The number of benzene rings is 1. The van der Waals surface area contributed by atoms with Gasteiger partial charge in [0.15, 0.2) is 0 Å². The molecule has 0 aliphatic carbocycles. The molecular formula is C20H27FN2O3. The molecule has 0 bridgehead atoms. The van der Waals surface area contributed by atoms with Gasteiger partial charge in [-0.2, -0.15) is 0 Å². The van der Waals surface area contributed by atoms with Crippen LogP contribution in [0.4, 0.5) is 4.39 Å². The van der Waals surface area contributed by atoms with Crippen LogP contribution in [0, 0.1) is 17.7 Å². The lowest BCUT2D eigenvalue weighted by molar-refractivity contribution is -0.144. The summed E-state index contributed by atoms with van der Waals surface area (Å²) in [7, 11) is 0. The van der Waals surface area contributed by atoms with Crippen molar-refractivity contribution in [1.82, 2.24) is 9.80 Å². The Morgan fingerprint density at radius 1 is 1.08 bits per heavy atom. The van der Waals surface area contributed by atoms with E-state index in [1.54, 1.807) is 12.1 Å². The summed E-state index contributed by atoms with van der Waals surface area (Å²) < 4.78 is 18.3. The Balaban J connectivity index is 1.48. The lowest BCUT2D eigenvalue weighted by Crippen LogP contribution is -2.48. The van der Waals surface area contributed by atoms with Gasteiger partial charge in [-0.05, 0) is 37.0 Å². The van der Waals surface area contributed by atoms with Crippen molar-refractivity contribution in [2.45, 2.75) is 26.2 Å². The largest absolute Gasteiger partial charge is 0.378 e. The average molecular weight is 362 g/mol. The minimum atomic E-state index is -0.264. The average Bonchev–Trinajstić information content (AvgIpc) is 2.69. The summed E-state index contributed by atoms with van der Waals surface area (Å²) in [6, 6.07) is 6.31. The number of hydrogen-bond donors (Lipinski definition) is 0. The molecule has 2 fully saturated rings. The highest BCUT2D eigenvalue weighted by atomic mass is 19.1. The Bertz CT molecular complexity index is 620. The summed E-state index contributed by atoms with van der Waals surface area (Å²) in [5.74, 6) is -0.0670. The molecule has 0 spiro atoms. The van der Waals surface area contributed by atoms with Crippen LogP contribution in [-0.4, -0.2) is 61.0 Å². The zero-order chi connectivity index (χ0) is 18.5. The maximum atomic E-state index is 13.0. The van der Waals surface area contributed by atoms with E-state index in [1.165, 1.54) is 12.1 Å². The molecule has 6 heteroatoms. The zero-order valence-corrected chi connectivity index (χ0v) is 15.3. The molecule has 142 valence electrons. The molecule has 1 unspecified atom stereocenters. The number of ether oxygens (including phenoxy) is 1. The van der Waals surface area contributed by atoms with Gasteiger partial charge in [0.2, 0.25) is 11.8 Å². The molecule has 0 radical (unpaired) electrons. The van der Waals surface area contributed by atoms with E-state index < -0.39 is 0 Å². The maximum absolute atomic E-state index is 13.0. The molecular weight excluding hydrogens is 335 g/mol. The predicted molar refractivity (Wildman–Crippen MR) is 96.0 cm³/mol. The van der Waals surface area contributed by atoms with Crippen molar-refractivity contribution in [3.8, 4) is 0 Å². The summed E-state index contributed by atoms with van der Waals surface area (Å²) in [4.78, 5) is 29.0. The highest BCUT2D eigenvalue weighted by molar-refractivity contribution is 5.81. The number of halogens is 1. The van der Waals surface area contributed by atoms with Crippen LogP contribution in [0.5, 0.6) is 0 Å². The van der Waals surface area contributed by atoms with Crippen molar-refractivity contribution < 1.29 is 18.7 Å². The van der Waals surface area contributed by atoms with Gasteiger partial charge in [0, 0.05) is 38.0 Å². The second-order valence-corrected chi connectivity index (χ2v) is 7.27. The van der Waals surface area contributed by atoms with E-state index in [0.29, 0.717) is 45.8 Å². The number of hydrogen-bond acceptors (Lipinski definition) is 3. The van der Waals surface area contributed by atoms with E-state index in [2.05, 4.69) is 0 Å². The molecule has 2 aliphatic heterocycles. The van der Waals surface area contributed by atoms with Gasteiger partial charge in [0.25, 0.3) is 0 Å². The van der Waals surface area contributed by atoms with Crippen molar-refractivity contribution >= 4 is 11.8 Å². The summed E-state index contributed by atoms with van der Waals surface area (Å²) in [5.41, 5.74) is 0.963. The van der Waals surface area contributed by atoms with Gasteiger partial charge in [0.05, 0.1) is 13.2 Å². The van der Waals surface area contributed by atoms with Crippen molar-refractivity contribution in [2.24, 2.45) is 11.8 Å². The SMILES string of the molecule is CC(Cc1ccc(F)cc1)C(=O)N1CCC(C(=O)N2CCOCC2)CC1. The maximum Gasteiger partial charge on any atom is 0.225 e. The van der Waals surface area contributed by atoms with Crippen LogP contribution >= 0.6 is 0 Å². The quantitative estimate of drug-likeness (QED) is 0.824. The van der Waals surface area contributed by atoms with Crippen LogP contribution < -0.4 is 0 Å². The summed E-state index contributed by atoms with van der Waals surface area (Å²) in [6.45, 7) is 5.75. The fourth-order valence-corrected chi connectivity index (χ4v) is 3.76. The summed E-state index contributed by atoms with van der Waals surface area (Å²) >= 11 is 0. The second kappa shape index (κ2) is 8.62. The standard InChI is InChI=1S/C20H27FN2O3/c1-15(14-16-2-4-18(21)5-3-16)19(24)22-8-6-17(7-9-22)20(25)23-10-12-26-13-11-23/h2-5,15,17H,6-14H2,1H3. The molecule has 2 saturated heterocycles. The van der Waals surface area contributed by atoms with Gasteiger partial charge < -0.3 is 14.5 Å². The van der Waals surface area contributed by atoms with Crippen molar-refractivity contribution in [3.63, 3.8) is 0 Å². The molecule has 2 aliphatic rings. The molecule has 0 aromatic heterocycles. The first-order chi connectivity index (χ1) is 12.5. The van der Waals surface area contributed by atoms with Crippen molar-refractivity contribution in [3.05, 3.63) is 35.6 Å². The van der Waals surface area contributed by atoms with Crippen LogP contribution in [0.25, 0.3) is 0 Å². The Hall–Kier alpha value is -1.95. The molecule has 0 N–H and O–H groups in total. The minimum Gasteiger partial charge on any atom is -0.378 e. The van der Waals surface area contributed by atoms with Crippen LogP contribution in [0.15, 0.2) is 24.3 Å². The molecule has 2 amide bonds. The zero-order valence-electron chi connectivity index (χ0n) is 15.3. The number of carbonyl (C=O) groups excluding carboxylic acids is 2. The van der Waals surface area contributed by atoms with E-state index in [9.17, 15) is 14.0 Å². The number of nitrogens with zero attached hydrogens (tertiary/aromatic N) is 2. The third-order valence-corrected chi connectivity index (χ3v) is 5.36. The predicted octanol–water partition coefficient (Wildman–Crippen LogP) is 2.10. The monoisotopic (exact) mass is 362 g/mol. The lowest BCUT2D eigenvalue weighted by Gasteiger charge is -2.36. The summed E-state index contributed by atoms with van der Waals surface area (Å²) in [6.07, 6.45) is 2.06. The topological polar surface area (TPSA) is 49.9 Å². The molecule has 26 heavy (non-hydrogen) atoms. The normalized spacial score (nSPS) is 20.1. The lowest BCUT2D eigenvalue weighted by atomic mass is 9.93. The van der Waals surface area contributed by atoms with E-state index in [4.69, 9.17) is 4.74 Å². The fraction of sp³-hybridized carbons (Fsp3) is 0.600. The summed E-state index contributed by atoms with van der Waals surface area (Å²) in [5, 5.41) is 0. The molecule has 0 saturated carbocycles. The number of amides is 2. The number of carbonyl (C=O) groups is 2. The Kier molecular flexibility index (Phi) is 6.25. The van der Waals surface area contributed by atoms with E-state index >= 15 is 0 Å². The van der Waals surface area contributed by atoms with Gasteiger partial charge in [-0.15, -0.1) is 0 Å². The van der Waals surface area contributed by atoms with E-state index in [-0.39, 0.29) is 29.5 Å². The number of piperidine rings is 1. The Morgan fingerprint density at radius 2 is 1.69 bits per heavy atom. The van der Waals surface area contributed by atoms with Crippen LogP contribution in [-0.2, 0) is 20.7 Å². The molecule has 1 aromatic carbocycles. The van der Waals surface area contributed by atoms with Crippen LogP contribution in [0.2, 0.25) is 0 Å². The minimum absolute atomic E-state index is 0.0181. The first-order valence-electron chi connectivity index (χ1n) is 9.44. The van der Waals surface area contributed by atoms with E-state index in [0.717, 1.165) is 18.4 Å². The molecule has 5 nitrogen and oxygen atoms in total. The van der Waals surface area contributed by atoms with Crippen molar-refractivity contribution in [1.29, 1.82) is 0 Å². The Morgan fingerprint density at radius 3 is 2.31 bits per heavy atom. The third-order valence-electron chi connectivity index (χ3n) is 5.36. The highest BCUT2D eigenvalue weighted by Crippen LogP contribution is 2.22. The van der Waals surface area contributed by atoms with Crippen molar-refractivity contribution in [2.75, 3.05) is 39.4 Å². The van der Waals surface area contributed by atoms with Crippen LogP contribution in [0.1, 0.15) is 25.3 Å². The van der Waals surface area contributed by atoms with Gasteiger partial charge >= 0.3 is 0 Å². The second-order valence-electron chi connectivity index (χ2n) is 7.27. The number of rotatable bonds is 4.